The maximum atomic E-state index is 13.7. The van der Waals surface area contributed by atoms with Crippen molar-refractivity contribution < 1.29 is 33.7 Å². The summed E-state index contributed by atoms with van der Waals surface area (Å²) in [6.45, 7) is 1.10. The third-order valence-corrected chi connectivity index (χ3v) is 7.15. The normalized spacial score (nSPS) is 10.9. The molecule has 6 aromatic rings. The molecule has 0 radical (unpaired) electrons. The first kappa shape index (κ1) is 34.2. The second-order valence-electron chi connectivity index (χ2n) is 10.9. The van der Waals surface area contributed by atoms with Crippen LogP contribution in [-0.2, 0) is 11.3 Å². The molecule has 0 unspecified atom stereocenters. The van der Waals surface area contributed by atoms with Crippen molar-refractivity contribution in [1.82, 2.24) is 29.9 Å². The van der Waals surface area contributed by atoms with Gasteiger partial charge < -0.3 is 41.4 Å². The zero-order valence-electron chi connectivity index (χ0n) is 27.0. The molecule has 4 heterocycles. The summed E-state index contributed by atoms with van der Waals surface area (Å²) < 4.78 is 18.8. The lowest BCUT2D eigenvalue weighted by atomic mass is 10.2. The molecule has 260 valence electrons. The molecule has 0 saturated carbocycles. The van der Waals surface area contributed by atoms with Gasteiger partial charge in [0.1, 0.15) is 53.5 Å². The maximum Gasteiger partial charge on any atom is 0.305 e. The van der Waals surface area contributed by atoms with E-state index in [1.165, 1.54) is 23.0 Å². The Labute approximate surface area is 289 Å². The Bertz CT molecular complexity index is 2100. The van der Waals surface area contributed by atoms with Gasteiger partial charge in [-0.15, -0.1) is 0 Å². The largest absolute Gasteiger partial charge is 0.491 e. The molecule has 51 heavy (non-hydrogen) atoms. The number of pyridine rings is 3. The number of fused-ring (bicyclic) bond motifs is 2. The Kier molecular flexibility index (Phi) is 10.5. The monoisotopic (exact) mass is 692 g/mol. The van der Waals surface area contributed by atoms with Crippen molar-refractivity contribution in [3.05, 3.63) is 90.4 Å². The zero-order valence-corrected chi connectivity index (χ0v) is 27.0. The minimum Gasteiger partial charge on any atom is -0.491 e. The number of aryl methyl sites for hydroxylation is 1. The van der Waals surface area contributed by atoms with Gasteiger partial charge in [-0.2, -0.15) is 0 Å². The van der Waals surface area contributed by atoms with Crippen molar-refractivity contribution >= 4 is 51.2 Å². The van der Waals surface area contributed by atoms with E-state index in [1.54, 1.807) is 36.4 Å². The number of rotatable bonds is 15. The number of carboxylic acid groups (broad SMARTS) is 1. The van der Waals surface area contributed by atoms with Crippen LogP contribution in [0.15, 0.2) is 79.0 Å². The molecule has 0 bridgehead atoms. The molecular formula is C34H32N10O7. The van der Waals surface area contributed by atoms with Crippen LogP contribution < -0.4 is 36.3 Å². The number of carbonyl (C=O) groups excluding carboxylic acids is 2. The summed E-state index contributed by atoms with van der Waals surface area (Å²) in [5.74, 6) is -1.17. The first-order valence-electron chi connectivity index (χ1n) is 15.7. The van der Waals surface area contributed by atoms with E-state index >= 15 is 0 Å². The Hall–Kier alpha value is -6.72. The number of hydrogen-bond donors (Lipinski definition) is 5. The first-order chi connectivity index (χ1) is 24.8. The van der Waals surface area contributed by atoms with Crippen LogP contribution in [0.25, 0.3) is 21.8 Å². The average Bonchev–Trinajstić information content (AvgIpc) is 3.58. The molecule has 0 aliphatic carbocycles. The highest BCUT2D eigenvalue weighted by Crippen LogP contribution is 2.30. The second kappa shape index (κ2) is 15.7. The minimum absolute atomic E-state index is 0.0138. The summed E-state index contributed by atoms with van der Waals surface area (Å²) in [6.07, 6.45) is 1.20. The Morgan fingerprint density at radius 3 is 1.78 bits per heavy atom. The van der Waals surface area contributed by atoms with Crippen LogP contribution in [0.4, 0.5) is 11.6 Å². The van der Waals surface area contributed by atoms with E-state index in [4.69, 9.17) is 30.8 Å². The molecule has 2 amide bonds. The summed E-state index contributed by atoms with van der Waals surface area (Å²) in [7, 11) is 0. The zero-order chi connectivity index (χ0) is 35.7. The molecule has 2 aromatic carbocycles. The van der Waals surface area contributed by atoms with Crippen LogP contribution in [0.2, 0.25) is 0 Å². The number of carboxylic acids is 1. The summed E-state index contributed by atoms with van der Waals surface area (Å²) in [4.78, 5) is 51.7. The third kappa shape index (κ3) is 8.48. The number of amides is 2. The highest BCUT2D eigenvalue weighted by atomic mass is 16.5. The van der Waals surface area contributed by atoms with Gasteiger partial charge in [0, 0.05) is 48.1 Å². The molecule has 6 rings (SSSR count). The van der Waals surface area contributed by atoms with Gasteiger partial charge in [-0.1, -0.05) is 34.6 Å². The van der Waals surface area contributed by atoms with Gasteiger partial charge in [0.15, 0.2) is 0 Å². The van der Waals surface area contributed by atoms with Crippen LogP contribution in [0.3, 0.4) is 0 Å². The van der Waals surface area contributed by atoms with Crippen molar-refractivity contribution in [2.75, 3.05) is 36.9 Å². The van der Waals surface area contributed by atoms with Gasteiger partial charge in [-0.25, -0.2) is 19.6 Å². The Balaban J connectivity index is 1.32. The molecule has 0 aliphatic heterocycles. The number of nitrogens with zero attached hydrogens (tertiary/aromatic N) is 6. The summed E-state index contributed by atoms with van der Waals surface area (Å²) in [5, 5.41) is 23.7. The van der Waals surface area contributed by atoms with E-state index < -0.39 is 17.8 Å². The van der Waals surface area contributed by atoms with Crippen molar-refractivity contribution in [2.24, 2.45) is 11.5 Å². The number of hydrogen-bond acceptors (Lipinski definition) is 13. The predicted molar refractivity (Wildman–Crippen MR) is 185 cm³/mol. The molecule has 0 fully saturated rings. The van der Waals surface area contributed by atoms with E-state index in [1.807, 2.05) is 24.3 Å². The van der Waals surface area contributed by atoms with Gasteiger partial charge in [-0.3, -0.25) is 14.4 Å². The molecular weight excluding hydrogens is 660 g/mol. The van der Waals surface area contributed by atoms with Gasteiger partial charge >= 0.3 is 5.97 Å². The fourth-order valence-electron chi connectivity index (χ4n) is 4.92. The quantitative estimate of drug-likeness (QED) is 0.104. The van der Waals surface area contributed by atoms with E-state index in [2.05, 4.69) is 35.9 Å². The number of carbonyl (C=O) groups is 3. The van der Waals surface area contributed by atoms with Gasteiger partial charge in [0.25, 0.3) is 17.7 Å². The first-order valence-corrected chi connectivity index (χ1v) is 15.7. The lowest BCUT2D eigenvalue weighted by Crippen LogP contribution is -2.20. The molecule has 17 heteroatoms. The Morgan fingerprint density at radius 2 is 1.27 bits per heavy atom. The molecule has 0 saturated heterocycles. The number of nitrogens with two attached hydrogens (primary N) is 2. The molecule has 0 spiro atoms. The molecule has 0 atom stereocenters. The van der Waals surface area contributed by atoms with Crippen LogP contribution in [-0.4, -0.2) is 79.1 Å². The van der Waals surface area contributed by atoms with Crippen molar-refractivity contribution in [1.29, 1.82) is 0 Å². The topological polar surface area (TPSA) is 245 Å². The molecule has 0 aliphatic rings. The van der Waals surface area contributed by atoms with Crippen molar-refractivity contribution in [3.8, 4) is 23.1 Å². The molecule has 17 nitrogen and oxygen atoms in total. The minimum atomic E-state index is -1.01. The van der Waals surface area contributed by atoms with E-state index in [0.717, 1.165) is 10.8 Å². The smallest absolute Gasteiger partial charge is 0.305 e. The van der Waals surface area contributed by atoms with E-state index in [9.17, 15) is 14.4 Å². The lowest BCUT2D eigenvalue weighted by Gasteiger charge is -2.13. The fraction of sp³-hybridized carbons (Fsp3) is 0.176. The van der Waals surface area contributed by atoms with Crippen LogP contribution in [0, 0.1) is 0 Å². The summed E-state index contributed by atoms with van der Waals surface area (Å²) in [6, 6.07) is 20.2. The number of aromatic nitrogens is 6. The maximum absolute atomic E-state index is 13.7. The highest BCUT2D eigenvalue weighted by Gasteiger charge is 2.20. The van der Waals surface area contributed by atoms with Gasteiger partial charge in [-0.05, 0) is 24.3 Å². The SMILES string of the molecule is NCCOc1cc(NC(=O)c2cc(Oc3cn(CCC(=O)O)nn3)cc(C(=O)Nc3cc(OCCN)c4ccccc4n3)n2)nc2ccccc12. The number of aliphatic carboxylic acids is 1. The molecule has 4 aromatic heterocycles. The van der Waals surface area contributed by atoms with Gasteiger partial charge in [0.05, 0.1) is 30.2 Å². The van der Waals surface area contributed by atoms with Crippen LogP contribution in [0.1, 0.15) is 27.4 Å². The Morgan fingerprint density at radius 1 is 0.745 bits per heavy atom. The van der Waals surface area contributed by atoms with Gasteiger partial charge in [0.2, 0.25) is 0 Å². The van der Waals surface area contributed by atoms with E-state index in [0.29, 0.717) is 22.5 Å². The molecule has 7 N–H and O–H groups in total. The van der Waals surface area contributed by atoms with Crippen LogP contribution >= 0.6 is 0 Å². The lowest BCUT2D eigenvalue weighted by molar-refractivity contribution is -0.137. The second-order valence-corrected chi connectivity index (χ2v) is 10.9. The standard InChI is InChI=1S/C34H32N10O7/c35-10-13-49-27-17-29(38-23-7-3-1-5-21(23)27)40-33(47)25-15-20(51-31-19-44(43-42-31)12-9-32(45)46)16-26(37-25)34(48)41-30-18-28(50-14-11-36)22-6-2-4-8-24(22)39-30/h1-8,15-19H,9-14,35-36H2,(H,45,46)(H,38,40,47)(H,39,41,48). The van der Waals surface area contributed by atoms with Crippen molar-refractivity contribution in [3.63, 3.8) is 0 Å². The number of anilines is 2. The number of nitrogens with one attached hydrogen (secondary N) is 2. The predicted octanol–water partition coefficient (Wildman–Crippen LogP) is 3.22. The highest BCUT2D eigenvalue weighted by molar-refractivity contribution is 6.07. The van der Waals surface area contributed by atoms with Crippen LogP contribution in [0.5, 0.6) is 23.1 Å². The van der Waals surface area contributed by atoms with Crippen molar-refractivity contribution in [2.45, 2.75) is 13.0 Å². The fourth-order valence-corrected chi connectivity index (χ4v) is 4.92. The number of para-hydroxylation sites is 2. The third-order valence-electron chi connectivity index (χ3n) is 7.15. The summed E-state index contributed by atoms with van der Waals surface area (Å²) in [5.41, 5.74) is 12.0. The number of ether oxygens (including phenoxy) is 3. The number of benzene rings is 2. The summed E-state index contributed by atoms with van der Waals surface area (Å²) >= 11 is 0. The van der Waals surface area contributed by atoms with E-state index in [-0.39, 0.29) is 73.9 Å². The average molecular weight is 693 g/mol.